The van der Waals surface area contributed by atoms with Crippen LogP contribution in [0.2, 0.25) is 0 Å². The van der Waals surface area contributed by atoms with Crippen molar-refractivity contribution in [3.05, 3.63) is 114 Å². The highest BCUT2D eigenvalue weighted by atomic mass is 32.2. The Bertz CT molecular complexity index is 1610. The number of fused-ring (bicyclic) bond motifs is 1. The Morgan fingerprint density at radius 1 is 0.857 bits per heavy atom. The number of amides is 1. The molecule has 1 heterocycles. The van der Waals surface area contributed by atoms with E-state index in [2.05, 4.69) is 22.0 Å². The number of carbonyl (C=O) groups is 1. The molecule has 7 heteroatoms. The van der Waals surface area contributed by atoms with Crippen molar-refractivity contribution < 1.29 is 13.2 Å². The summed E-state index contributed by atoms with van der Waals surface area (Å²) in [7, 11) is -3.30. The molecule has 5 rings (SSSR count). The zero-order valence-corrected chi connectivity index (χ0v) is 19.9. The number of carbonyl (C=O) groups excluding carboxylic acids is 1. The van der Waals surface area contributed by atoms with Gasteiger partial charge in [-0.2, -0.15) is 0 Å². The second-order valence-electron chi connectivity index (χ2n) is 8.33. The quantitative estimate of drug-likeness (QED) is 0.352. The maximum atomic E-state index is 13.0. The predicted molar refractivity (Wildman–Crippen MR) is 138 cm³/mol. The van der Waals surface area contributed by atoms with Gasteiger partial charge in [-0.05, 0) is 48.0 Å². The number of rotatable bonds is 6. The fourth-order valence-electron chi connectivity index (χ4n) is 3.99. The molecular formula is C28H23N3O3S. The van der Waals surface area contributed by atoms with Crippen LogP contribution in [0.3, 0.4) is 0 Å². The van der Waals surface area contributed by atoms with Crippen LogP contribution >= 0.6 is 0 Å². The average molecular weight is 482 g/mol. The third kappa shape index (κ3) is 4.85. The zero-order chi connectivity index (χ0) is 24.4. The Kier molecular flexibility index (Phi) is 5.93. The molecule has 0 saturated heterocycles. The van der Waals surface area contributed by atoms with E-state index in [1.54, 1.807) is 18.2 Å². The molecule has 0 aliphatic heterocycles. The summed E-state index contributed by atoms with van der Waals surface area (Å²) < 4.78 is 25.5. The first-order chi connectivity index (χ1) is 16.9. The van der Waals surface area contributed by atoms with Crippen LogP contribution in [0, 0.1) is 0 Å². The van der Waals surface area contributed by atoms with E-state index in [1.165, 1.54) is 12.1 Å². The second kappa shape index (κ2) is 9.19. The SMILES string of the molecule is CS(=O)(=O)c1ccc(NC(=O)c2ccc3nc(-c4ccccc4)n(Cc4ccccc4)c3c2)cc1. The Morgan fingerprint density at radius 3 is 2.17 bits per heavy atom. The van der Waals surface area contributed by atoms with Gasteiger partial charge in [0.2, 0.25) is 0 Å². The third-order valence-electron chi connectivity index (χ3n) is 5.77. The van der Waals surface area contributed by atoms with Gasteiger partial charge in [0.15, 0.2) is 9.84 Å². The number of sulfone groups is 1. The van der Waals surface area contributed by atoms with Crippen molar-refractivity contribution in [1.29, 1.82) is 0 Å². The number of hydrogen-bond donors (Lipinski definition) is 1. The van der Waals surface area contributed by atoms with Crippen LogP contribution in [0.15, 0.2) is 108 Å². The minimum atomic E-state index is -3.30. The van der Waals surface area contributed by atoms with Crippen LogP contribution in [0.4, 0.5) is 5.69 Å². The molecule has 5 aromatic rings. The largest absolute Gasteiger partial charge is 0.322 e. The van der Waals surface area contributed by atoms with Crippen LogP contribution in [0.1, 0.15) is 15.9 Å². The molecule has 0 aliphatic carbocycles. The van der Waals surface area contributed by atoms with E-state index < -0.39 is 9.84 Å². The fourth-order valence-corrected chi connectivity index (χ4v) is 4.62. The number of hydrogen-bond acceptors (Lipinski definition) is 4. The normalized spacial score (nSPS) is 11.5. The van der Waals surface area contributed by atoms with E-state index >= 15 is 0 Å². The lowest BCUT2D eigenvalue weighted by atomic mass is 10.1. The smallest absolute Gasteiger partial charge is 0.255 e. The topological polar surface area (TPSA) is 81.1 Å². The zero-order valence-electron chi connectivity index (χ0n) is 19.0. The number of imidazole rings is 1. The fraction of sp³-hybridized carbons (Fsp3) is 0.0714. The van der Waals surface area contributed by atoms with Gasteiger partial charge in [0, 0.05) is 29.6 Å². The van der Waals surface area contributed by atoms with E-state index in [0.717, 1.165) is 34.2 Å². The number of anilines is 1. The van der Waals surface area contributed by atoms with E-state index in [-0.39, 0.29) is 10.8 Å². The van der Waals surface area contributed by atoms with Crippen molar-refractivity contribution in [3.8, 4) is 11.4 Å². The molecule has 0 radical (unpaired) electrons. The number of benzene rings is 4. The summed E-state index contributed by atoms with van der Waals surface area (Å²) in [6.45, 7) is 0.611. The van der Waals surface area contributed by atoms with Gasteiger partial charge in [-0.1, -0.05) is 60.7 Å². The van der Waals surface area contributed by atoms with Gasteiger partial charge >= 0.3 is 0 Å². The van der Waals surface area contributed by atoms with Crippen LogP contribution in [0.25, 0.3) is 22.4 Å². The van der Waals surface area contributed by atoms with E-state index in [4.69, 9.17) is 4.98 Å². The first kappa shape index (κ1) is 22.6. The molecule has 1 N–H and O–H groups in total. The van der Waals surface area contributed by atoms with Gasteiger partial charge in [-0.25, -0.2) is 13.4 Å². The molecular weight excluding hydrogens is 458 g/mol. The van der Waals surface area contributed by atoms with Crippen LogP contribution in [0.5, 0.6) is 0 Å². The molecule has 4 aromatic carbocycles. The summed E-state index contributed by atoms with van der Waals surface area (Å²) in [5, 5.41) is 2.85. The molecule has 0 fully saturated rings. The van der Waals surface area contributed by atoms with Gasteiger partial charge in [-0.3, -0.25) is 4.79 Å². The van der Waals surface area contributed by atoms with Crippen molar-refractivity contribution in [2.75, 3.05) is 11.6 Å². The molecule has 174 valence electrons. The number of nitrogens with zero attached hydrogens (tertiary/aromatic N) is 2. The predicted octanol–water partition coefficient (Wildman–Crippen LogP) is 5.41. The summed E-state index contributed by atoms with van der Waals surface area (Å²) in [6, 6.07) is 31.7. The Labute approximate surface area is 203 Å². The van der Waals surface area contributed by atoms with Gasteiger partial charge < -0.3 is 9.88 Å². The second-order valence-corrected chi connectivity index (χ2v) is 10.3. The first-order valence-electron chi connectivity index (χ1n) is 11.1. The van der Waals surface area contributed by atoms with Gasteiger partial charge in [0.25, 0.3) is 5.91 Å². The molecule has 35 heavy (non-hydrogen) atoms. The third-order valence-corrected chi connectivity index (χ3v) is 6.89. The monoisotopic (exact) mass is 481 g/mol. The summed E-state index contributed by atoms with van der Waals surface area (Å²) >= 11 is 0. The van der Waals surface area contributed by atoms with Gasteiger partial charge in [0.1, 0.15) is 5.82 Å². The highest BCUT2D eigenvalue weighted by molar-refractivity contribution is 7.90. The molecule has 0 atom stereocenters. The van der Waals surface area contributed by atoms with Crippen LogP contribution in [-0.4, -0.2) is 30.1 Å². The molecule has 0 spiro atoms. The van der Waals surface area contributed by atoms with E-state index in [0.29, 0.717) is 17.8 Å². The minimum absolute atomic E-state index is 0.204. The average Bonchev–Trinajstić information content (AvgIpc) is 3.22. The maximum Gasteiger partial charge on any atom is 0.255 e. The van der Waals surface area contributed by atoms with Crippen molar-refractivity contribution in [2.45, 2.75) is 11.4 Å². The molecule has 6 nitrogen and oxygen atoms in total. The molecule has 0 saturated carbocycles. The van der Waals surface area contributed by atoms with E-state index in [1.807, 2.05) is 60.7 Å². The lowest BCUT2D eigenvalue weighted by molar-refractivity contribution is 0.102. The highest BCUT2D eigenvalue weighted by Gasteiger charge is 2.16. The summed E-state index contributed by atoms with van der Waals surface area (Å²) in [4.78, 5) is 18.1. The molecule has 0 unspecified atom stereocenters. The number of nitrogens with one attached hydrogen (secondary N) is 1. The molecule has 0 bridgehead atoms. The summed E-state index contributed by atoms with van der Waals surface area (Å²) in [6.07, 6.45) is 1.15. The molecule has 0 aliphatic rings. The van der Waals surface area contributed by atoms with Gasteiger partial charge in [-0.15, -0.1) is 0 Å². The van der Waals surface area contributed by atoms with Crippen molar-refractivity contribution in [3.63, 3.8) is 0 Å². The minimum Gasteiger partial charge on any atom is -0.322 e. The van der Waals surface area contributed by atoms with Crippen molar-refractivity contribution in [1.82, 2.24) is 9.55 Å². The summed E-state index contributed by atoms with van der Waals surface area (Å²) in [5.74, 6) is 0.547. The van der Waals surface area contributed by atoms with Crippen molar-refractivity contribution >= 4 is 32.5 Å². The Hall–Kier alpha value is -4.23. The summed E-state index contributed by atoms with van der Waals surface area (Å²) in [5.41, 5.74) is 4.78. The lowest BCUT2D eigenvalue weighted by Gasteiger charge is -2.11. The van der Waals surface area contributed by atoms with Crippen LogP contribution < -0.4 is 5.32 Å². The lowest BCUT2D eigenvalue weighted by Crippen LogP contribution is -2.12. The maximum absolute atomic E-state index is 13.0. The Morgan fingerprint density at radius 2 is 1.51 bits per heavy atom. The molecule has 1 amide bonds. The van der Waals surface area contributed by atoms with Gasteiger partial charge in [0.05, 0.1) is 15.9 Å². The van der Waals surface area contributed by atoms with E-state index in [9.17, 15) is 13.2 Å². The van der Waals surface area contributed by atoms with Crippen LogP contribution in [-0.2, 0) is 16.4 Å². The molecule has 1 aromatic heterocycles. The standard InChI is InChI=1S/C28H23N3O3S/c1-35(33,34)24-15-13-23(14-16-24)29-28(32)22-12-17-25-26(18-22)31(19-20-8-4-2-5-9-20)27(30-25)21-10-6-3-7-11-21/h2-18H,19H2,1H3,(H,29,32). The van der Waals surface area contributed by atoms with Crippen molar-refractivity contribution in [2.24, 2.45) is 0 Å². The Balaban J connectivity index is 1.52. The highest BCUT2D eigenvalue weighted by Crippen LogP contribution is 2.27. The number of aromatic nitrogens is 2. The first-order valence-corrected chi connectivity index (χ1v) is 13.0.